The van der Waals surface area contributed by atoms with Gasteiger partial charge in [0.1, 0.15) is 5.75 Å². The number of aromatic amines is 1. The number of nitro groups is 1. The second kappa shape index (κ2) is 7.42. The van der Waals surface area contributed by atoms with E-state index in [1.807, 2.05) is 0 Å². The van der Waals surface area contributed by atoms with Gasteiger partial charge in [-0.25, -0.2) is 0 Å². The van der Waals surface area contributed by atoms with Crippen LogP contribution in [0.5, 0.6) is 11.6 Å². The topological polar surface area (TPSA) is 130 Å². The highest BCUT2D eigenvalue weighted by molar-refractivity contribution is 6.30. The van der Waals surface area contributed by atoms with Crippen LogP contribution in [0.3, 0.4) is 0 Å². The summed E-state index contributed by atoms with van der Waals surface area (Å²) in [5, 5.41) is 28.8. The number of azo groups is 1. The monoisotopic (exact) mass is 388 g/mol. The number of hydrogen-bond acceptors (Lipinski definition) is 6. The number of nitrogens with zero attached hydrogens (tertiary/aromatic N) is 3. The number of rotatable bonds is 5. The molecule has 3 rings (SSSR count). The normalized spacial score (nSPS) is 11.2. The highest BCUT2D eigenvalue weighted by Crippen LogP contribution is 2.37. The molecule has 0 spiro atoms. The van der Waals surface area contributed by atoms with Gasteiger partial charge in [-0.05, 0) is 36.8 Å². The maximum atomic E-state index is 11.9. The van der Waals surface area contributed by atoms with Crippen molar-refractivity contribution in [2.24, 2.45) is 10.2 Å². The number of hydrogen-bond donors (Lipinski definition) is 2. The minimum Gasteiger partial charge on any atom is -0.493 e. The summed E-state index contributed by atoms with van der Waals surface area (Å²) in [7, 11) is 0. The summed E-state index contributed by atoms with van der Waals surface area (Å²) >= 11 is 5.85. The average molecular weight is 389 g/mol. The molecule has 0 fully saturated rings. The third-order valence-corrected chi connectivity index (χ3v) is 3.93. The molecule has 0 radical (unpaired) electrons. The summed E-state index contributed by atoms with van der Waals surface area (Å²) in [4.78, 5) is 24.8. The number of nitro benzene ring substituents is 1. The van der Waals surface area contributed by atoms with E-state index in [4.69, 9.17) is 16.3 Å². The second-order valence-electron chi connectivity index (χ2n) is 5.60. The van der Waals surface area contributed by atoms with E-state index in [0.29, 0.717) is 16.3 Å². The van der Waals surface area contributed by atoms with Gasteiger partial charge in [-0.15, -0.1) is 10.2 Å². The van der Waals surface area contributed by atoms with E-state index in [-0.39, 0.29) is 29.2 Å². The smallest absolute Gasteiger partial charge is 0.302 e. The lowest BCUT2D eigenvalue weighted by atomic mass is 10.2. The van der Waals surface area contributed by atoms with Crippen molar-refractivity contribution in [2.45, 2.75) is 6.92 Å². The van der Waals surface area contributed by atoms with Gasteiger partial charge in [0, 0.05) is 22.5 Å². The number of ether oxygens (including phenoxy) is 1. The van der Waals surface area contributed by atoms with Crippen LogP contribution >= 0.6 is 11.6 Å². The van der Waals surface area contributed by atoms with Crippen LogP contribution in [0.4, 0.5) is 11.4 Å². The van der Waals surface area contributed by atoms with Gasteiger partial charge in [0.2, 0.25) is 5.88 Å². The van der Waals surface area contributed by atoms with Crippen molar-refractivity contribution < 1.29 is 19.6 Å². The summed E-state index contributed by atoms with van der Waals surface area (Å²) in [6.07, 6.45) is 0. The van der Waals surface area contributed by atoms with Crippen LogP contribution in [0, 0.1) is 17.0 Å². The van der Waals surface area contributed by atoms with Crippen molar-refractivity contribution in [2.75, 3.05) is 6.61 Å². The molecule has 1 aromatic heterocycles. The number of benzene rings is 2. The number of carbonyl (C=O) groups excluding carboxylic acids is 1. The van der Waals surface area contributed by atoms with E-state index in [1.54, 1.807) is 25.1 Å². The fraction of sp³-hybridized carbons (Fsp3) is 0.118. The molecule has 3 aromatic rings. The lowest BCUT2D eigenvalue weighted by Crippen LogP contribution is -2.08. The Balaban J connectivity index is 1.76. The van der Waals surface area contributed by atoms with Crippen LogP contribution in [-0.4, -0.2) is 27.5 Å². The lowest BCUT2D eigenvalue weighted by molar-refractivity contribution is -0.384. The summed E-state index contributed by atoms with van der Waals surface area (Å²) in [5.41, 5.74) is 0.942. The fourth-order valence-electron chi connectivity index (χ4n) is 2.42. The summed E-state index contributed by atoms with van der Waals surface area (Å²) in [6.45, 7) is 1.42. The van der Waals surface area contributed by atoms with Crippen molar-refractivity contribution in [3.8, 4) is 11.6 Å². The third kappa shape index (κ3) is 4.04. The SMILES string of the molecule is Cc1cc(Cl)ccc1OCC(=O)N=Nc1c(O)[nH]c2ccc([N+](=O)[O-])cc12. The van der Waals surface area contributed by atoms with Crippen LogP contribution < -0.4 is 4.74 Å². The first kappa shape index (κ1) is 18.3. The third-order valence-electron chi connectivity index (χ3n) is 3.70. The number of aromatic nitrogens is 1. The zero-order valence-electron chi connectivity index (χ0n) is 14.0. The maximum Gasteiger partial charge on any atom is 0.302 e. The number of aryl methyl sites for hydroxylation is 1. The van der Waals surface area contributed by atoms with Crippen LogP contribution in [0.2, 0.25) is 5.02 Å². The maximum absolute atomic E-state index is 11.9. The van der Waals surface area contributed by atoms with Crippen molar-refractivity contribution in [3.63, 3.8) is 0 Å². The molecule has 0 aliphatic heterocycles. The summed E-state index contributed by atoms with van der Waals surface area (Å²) in [6, 6.07) is 8.91. The number of amides is 1. The minimum atomic E-state index is -0.691. The second-order valence-corrected chi connectivity index (χ2v) is 6.04. The van der Waals surface area contributed by atoms with Crippen molar-refractivity contribution >= 4 is 39.8 Å². The molecule has 1 amide bonds. The zero-order valence-corrected chi connectivity index (χ0v) is 14.7. The van der Waals surface area contributed by atoms with Crippen LogP contribution in [0.1, 0.15) is 5.56 Å². The summed E-state index contributed by atoms with van der Waals surface area (Å²) < 4.78 is 5.37. The van der Waals surface area contributed by atoms with E-state index in [9.17, 15) is 20.0 Å². The number of H-pyrrole nitrogens is 1. The van der Waals surface area contributed by atoms with Crippen molar-refractivity contribution in [1.29, 1.82) is 0 Å². The van der Waals surface area contributed by atoms with Gasteiger partial charge in [0.15, 0.2) is 12.3 Å². The van der Waals surface area contributed by atoms with Gasteiger partial charge >= 0.3 is 5.91 Å². The molecular weight excluding hydrogens is 376 g/mol. The summed E-state index contributed by atoms with van der Waals surface area (Å²) in [5.74, 6) is -0.562. The van der Waals surface area contributed by atoms with Crippen molar-refractivity contribution in [1.82, 2.24) is 4.98 Å². The molecule has 0 unspecified atom stereocenters. The first-order chi connectivity index (χ1) is 12.8. The number of carbonyl (C=O) groups is 1. The molecular formula is C17H13ClN4O5. The van der Waals surface area contributed by atoms with Gasteiger partial charge in [-0.3, -0.25) is 14.9 Å². The Hall–Kier alpha value is -3.46. The predicted molar refractivity (Wildman–Crippen MR) is 97.8 cm³/mol. The lowest BCUT2D eigenvalue weighted by Gasteiger charge is -2.06. The molecule has 0 saturated carbocycles. The quantitative estimate of drug-likeness (QED) is 0.379. The number of fused-ring (bicyclic) bond motifs is 1. The average Bonchev–Trinajstić information content (AvgIpc) is 2.93. The van der Waals surface area contributed by atoms with Gasteiger partial charge in [-0.2, -0.15) is 0 Å². The molecule has 138 valence electrons. The first-order valence-corrected chi connectivity index (χ1v) is 8.05. The van der Waals surface area contributed by atoms with Crippen molar-refractivity contribution in [3.05, 3.63) is 57.1 Å². The van der Waals surface area contributed by atoms with E-state index in [0.717, 1.165) is 5.56 Å². The highest BCUT2D eigenvalue weighted by atomic mass is 35.5. The molecule has 10 heteroatoms. The Morgan fingerprint density at radius 3 is 2.81 bits per heavy atom. The Labute approximate surface area is 157 Å². The molecule has 0 aliphatic rings. The van der Waals surface area contributed by atoms with Gasteiger partial charge in [-0.1, -0.05) is 11.6 Å². The Kier molecular flexibility index (Phi) is 5.04. The Morgan fingerprint density at radius 1 is 1.33 bits per heavy atom. The largest absolute Gasteiger partial charge is 0.493 e. The number of non-ortho nitro benzene ring substituents is 1. The molecule has 0 saturated heterocycles. The highest BCUT2D eigenvalue weighted by Gasteiger charge is 2.15. The molecule has 2 aromatic carbocycles. The van der Waals surface area contributed by atoms with Gasteiger partial charge in [0.25, 0.3) is 5.69 Å². The molecule has 1 heterocycles. The van der Waals surface area contributed by atoms with E-state index >= 15 is 0 Å². The number of aromatic hydroxyl groups is 1. The van der Waals surface area contributed by atoms with E-state index in [1.165, 1.54) is 18.2 Å². The Morgan fingerprint density at radius 2 is 2.11 bits per heavy atom. The van der Waals surface area contributed by atoms with Gasteiger partial charge in [0.05, 0.1) is 10.4 Å². The van der Waals surface area contributed by atoms with E-state index < -0.39 is 10.8 Å². The standard InChI is InChI=1S/C17H13ClN4O5/c1-9-6-10(18)2-5-14(9)27-8-15(23)20-21-16-12-7-11(22(25)26)3-4-13(12)19-17(16)24/h2-7,19,24H,8H2,1H3. The minimum absolute atomic E-state index is 0.0651. The molecule has 0 bridgehead atoms. The molecule has 0 atom stereocenters. The molecule has 27 heavy (non-hydrogen) atoms. The number of nitrogens with one attached hydrogen (secondary N) is 1. The molecule has 9 nitrogen and oxygen atoms in total. The van der Waals surface area contributed by atoms with E-state index in [2.05, 4.69) is 15.2 Å². The Bertz CT molecular complexity index is 1080. The van der Waals surface area contributed by atoms with Crippen LogP contribution in [0.15, 0.2) is 46.6 Å². The zero-order chi connectivity index (χ0) is 19.6. The predicted octanol–water partition coefficient (Wildman–Crippen LogP) is 4.43. The molecule has 0 aliphatic carbocycles. The van der Waals surface area contributed by atoms with Gasteiger partial charge < -0.3 is 14.8 Å². The van der Waals surface area contributed by atoms with Crippen LogP contribution in [0.25, 0.3) is 10.9 Å². The molecule has 2 N–H and O–H groups in total. The first-order valence-electron chi connectivity index (χ1n) is 7.68. The van der Waals surface area contributed by atoms with Crippen LogP contribution in [-0.2, 0) is 4.79 Å². The number of halogens is 1. The fourth-order valence-corrected chi connectivity index (χ4v) is 2.64.